The van der Waals surface area contributed by atoms with Crippen LogP contribution in [-0.2, 0) is 19.7 Å². The zero-order valence-corrected chi connectivity index (χ0v) is 10.6. The molecule has 0 radical (unpaired) electrons. The quantitative estimate of drug-likeness (QED) is 0.801. The SMILES string of the molecule is O=C(O)CONS(=O)(=O)c1ccc2ccccc2c1. The highest BCUT2D eigenvalue weighted by atomic mass is 32.2. The Morgan fingerprint density at radius 3 is 2.53 bits per heavy atom. The first-order valence-corrected chi connectivity index (χ1v) is 6.81. The van der Waals surface area contributed by atoms with Crippen LogP contribution in [0.3, 0.4) is 0 Å². The molecule has 19 heavy (non-hydrogen) atoms. The Kier molecular flexibility index (Phi) is 3.79. The lowest BCUT2D eigenvalue weighted by Gasteiger charge is -2.06. The fourth-order valence-corrected chi connectivity index (χ4v) is 2.39. The number of rotatable bonds is 5. The first-order chi connectivity index (χ1) is 8.99. The smallest absolute Gasteiger partial charge is 0.331 e. The fourth-order valence-electron chi connectivity index (χ4n) is 1.55. The summed E-state index contributed by atoms with van der Waals surface area (Å²) in [5.41, 5.74) is 0. The van der Waals surface area contributed by atoms with Gasteiger partial charge < -0.3 is 5.11 Å². The second-order valence-corrected chi connectivity index (χ2v) is 5.42. The monoisotopic (exact) mass is 281 g/mol. The van der Waals surface area contributed by atoms with Crippen LogP contribution in [0, 0.1) is 0 Å². The van der Waals surface area contributed by atoms with Crippen molar-refractivity contribution in [1.82, 2.24) is 4.89 Å². The summed E-state index contributed by atoms with van der Waals surface area (Å²) in [5, 5.41) is 10.0. The molecular formula is C12H11NO5S. The van der Waals surface area contributed by atoms with Gasteiger partial charge in [0.05, 0.1) is 4.90 Å². The molecule has 0 fully saturated rings. The van der Waals surface area contributed by atoms with E-state index in [9.17, 15) is 13.2 Å². The van der Waals surface area contributed by atoms with Crippen LogP contribution in [0.1, 0.15) is 0 Å². The molecule has 0 spiro atoms. The molecule has 100 valence electrons. The van der Waals surface area contributed by atoms with Crippen molar-refractivity contribution in [2.75, 3.05) is 6.61 Å². The Morgan fingerprint density at radius 2 is 1.84 bits per heavy atom. The maximum absolute atomic E-state index is 11.8. The van der Waals surface area contributed by atoms with Crippen LogP contribution in [0.4, 0.5) is 0 Å². The summed E-state index contributed by atoms with van der Waals surface area (Å²) < 4.78 is 23.7. The molecule has 0 aliphatic rings. The maximum Gasteiger partial charge on any atom is 0.331 e. The average molecular weight is 281 g/mol. The van der Waals surface area contributed by atoms with Crippen LogP contribution in [-0.4, -0.2) is 26.1 Å². The van der Waals surface area contributed by atoms with Gasteiger partial charge >= 0.3 is 5.97 Å². The highest BCUT2D eigenvalue weighted by molar-refractivity contribution is 7.89. The predicted octanol–water partition coefficient (Wildman–Crippen LogP) is 1.13. The van der Waals surface area contributed by atoms with Gasteiger partial charge in [-0.3, -0.25) is 4.84 Å². The molecule has 2 aromatic rings. The Bertz CT molecular complexity index is 711. The minimum absolute atomic E-state index is 0.0107. The molecule has 7 heteroatoms. The standard InChI is InChI=1S/C12H11NO5S/c14-12(15)8-18-13-19(16,17)11-6-5-9-3-1-2-4-10(9)7-11/h1-7,13H,8H2,(H,14,15). The third kappa shape index (κ3) is 3.28. The van der Waals surface area contributed by atoms with E-state index in [1.165, 1.54) is 12.1 Å². The minimum atomic E-state index is -3.88. The van der Waals surface area contributed by atoms with Crippen molar-refractivity contribution >= 4 is 26.8 Å². The molecule has 0 aromatic heterocycles. The van der Waals surface area contributed by atoms with Crippen molar-refractivity contribution in [1.29, 1.82) is 0 Å². The first-order valence-electron chi connectivity index (χ1n) is 5.33. The molecule has 0 aliphatic carbocycles. The van der Waals surface area contributed by atoms with Crippen LogP contribution < -0.4 is 4.89 Å². The molecule has 0 unspecified atom stereocenters. The number of nitrogens with one attached hydrogen (secondary N) is 1. The normalized spacial score (nSPS) is 11.6. The lowest BCUT2D eigenvalue weighted by molar-refractivity contribution is -0.143. The maximum atomic E-state index is 11.8. The van der Waals surface area contributed by atoms with Gasteiger partial charge in [0.1, 0.15) is 0 Å². The van der Waals surface area contributed by atoms with Crippen molar-refractivity contribution in [3.63, 3.8) is 0 Å². The second-order valence-electron chi connectivity index (χ2n) is 3.78. The van der Waals surface area contributed by atoms with Crippen LogP contribution >= 0.6 is 0 Å². The molecule has 2 rings (SSSR count). The van der Waals surface area contributed by atoms with Crippen molar-refractivity contribution in [3.05, 3.63) is 42.5 Å². The summed E-state index contributed by atoms with van der Waals surface area (Å²) >= 11 is 0. The van der Waals surface area contributed by atoms with Crippen LogP contribution in [0.25, 0.3) is 10.8 Å². The molecule has 0 bridgehead atoms. The lowest BCUT2D eigenvalue weighted by Crippen LogP contribution is -2.26. The summed E-state index contributed by atoms with van der Waals surface area (Å²) in [4.78, 5) is 16.4. The topological polar surface area (TPSA) is 92.7 Å². The van der Waals surface area contributed by atoms with E-state index in [-0.39, 0.29) is 4.90 Å². The Balaban J connectivity index is 2.25. The van der Waals surface area contributed by atoms with Gasteiger partial charge in [0.25, 0.3) is 10.0 Å². The number of carboxylic acids is 1. The fraction of sp³-hybridized carbons (Fsp3) is 0.0833. The summed E-state index contributed by atoms with van der Waals surface area (Å²) in [6, 6.07) is 11.9. The third-order valence-electron chi connectivity index (χ3n) is 2.40. The highest BCUT2D eigenvalue weighted by Crippen LogP contribution is 2.18. The highest BCUT2D eigenvalue weighted by Gasteiger charge is 2.15. The summed E-state index contributed by atoms with van der Waals surface area (Å²) in [5.74, 6) is -1.26. The molecule has 2 aromatic carbocycles. The average Bonchev–Trinajstić information content (AvgIpc) is 2.37. The van der Waals surface area contributed by atoms with Crippen molar-refractivity contribution in [2.24, 2.45) is 0 Å². The van der Waals surface area contributed by atoms with Gasteiger partial charge in [0, 0.05) is 0 Å². The molecule has 2 N–H and O–H groups in total. The van der Waals surface area contributed by atoms with Gasteiger partial charge in [-0.1, -0.05) is 35.2 Å². The van der Waals surface area contributed by atoms with E-state index in [0.29, 0.717) is 0 Å². The van der Waals surface area contributed by atoms with Crippen LogP contribution in [0.5, 0.6) is 0 Å². The van der Waals surface area contributed by atoms with Crippen molar-refractivity contribution in [3.8, 4) is 0 Å². The molecule has 0 saturated carbocycles. The largest absolute Gasteiger partial charge is 0.479 e. The van der Waals surface area contributed by atoms with Gasteiger partial charge in [-0.2, -0.15) is 0 Å². The zero-order valence-electron chi connectivity index (χ0n) is 9.74. The summed E-state index contributed by atoms with van der Waals surface area (Å²) in [6.45, 7) is -0.743. The number of benzene rings is 2. The Hall–Kier alpha value is -1.96. The van der Waals surface area contributed by atoms with Gasteiger partial charge in [0.15, 0.2) is 6.61 Å². The van der Waals surface area contributed by atoms with Crippen LogP contribution in [0.2, 0.25) is 0 Å². The van der Waals surface area contributed by atoms with E-state index >= 15 is 0 Å². The molecule has 0 saturated heterocycles. The summed E-state index contributed by atoms with van der Waals surface area (Å²) in [6.07, 6.45) is 0. The van der Waals surface area contributed by atoms with Crippen LogP contribution in [0.15, 0.2) is 47.4 Å². The molecule has 6 nitrogen and oxygen atoms in total. The third-order valence-corrected chi connectivity index (χ3v) is 3.61. The Labute approximate surface area is 109 Å². The van der Waals surface area contributed by atoms with E-state index in [1.807, 2.05) is 12.1 Å². The van der Waals surface area contributed by atoms with E-state index in [2.05, 4.69) is 4.84 Å². The molecular weight excluding hydrogens is 270 g/mol. The minimum Gasteiger partial charge on any atom is -0.479 e. The number of aliphatic carboxylic acids is 1. The Morgan fingerprint density at radius 1 is 1.16 bits per heavy atom. The molecule has 0 atom stereocenters. The van der Waals surface area contributed by atoms with Crippen molar-refractivity contribution < 1.29 is 23.2 Å². The van der Waals surface area contributed by atoms with E-state index in [4.69, 9.17) is 5.11 Å². The van der Waals surface area contributed by atoms with Gasteiger partial charge in [-0.15, -0.1) is 0 Å². The van der Waals surface area contributed by atoms with Gasteiger partial charge in [-0.25, -0.2) is 13.2 Å². The van der Waals surface area contributed by atoms with E-state index < -0.39 is 22.6 Å². The number of carboxylic acid groups (broad SMARTS) is 1. The number of sulfonamides is 1. The lowest BCUT2D eigenvalue weighted by atomic mass is 10.1. The van der Waals surface area contributed by atoms with E-state index in [0.717, 1.165) is 10.8 Å². The number of carbonyl (C=O) groups is 1. The van der Waals surface area contributed by atoms with Gasteiger partial charge in [0.2, 0.25) is 0 Å². The molecule has 0 aliphatic heterocycles. The number of hydrogen-bond donors (Lipinski definition) is 2. The molecule has 0 heterocycles. The predicted molar refractivity (Wildman–Crippen MR) is 67.9 cm³/mol. The first kappa shape index (κ1) is 13.5. The van der Waals surface area contributed by atoms with Crippen molar-refractivity contribution in [2.45, 2.75) is 4.90 Å². The number of fused-ring (bicyclic) bond motifs is 1. The van der Waals surface area contributed by atoms with E-state index in [1.54, 1.807) is 23.1 Å². The molecule has 0 amide bonds. The van der Waals surface area contributed by atoms with Gasteiger partial charge in [-0.05, 0) is 22.9 Å². The summed E-state index contributed by atoms with van der Waals surface area (Å²) in [7, 11) is -3.88. The zero-order chi connectivity index (χ0) is 13.9. The second kappa shape index (κ2) is 5.35. The number of hydrogen-bond acceptors (Lipinski definition) is 4.